The highest BCUT2D eigenvalue weighted by Gasteiger charge is 2.75. The van der Waals surface area contributed by atoms with Crippen molar-refractivity contribution in [3.63, 3.8) is 0 Å². The third-order valence-electron chi connectivity index (χ3n) is 17.4. The van der Waals surface area contributed by atoms with E-state index in [0.717, 1.165) is 27.9 Å². The number of alkyl halides is 9. The van der Waals surface area contributed by atoms with E-state index in [-0.39, 0.29) is 28.3 Å². The van der Waals surface area contributed by atoms with Crippen LogP contribution >= 0.6 is 0 Å². The van der Waals surface area contributed by atoms with Gasteiger partial charge in [-0.3, -0.25) is 0 Å². The molecule has 3 atom stereocenters. The van der Waals surface area contributed by atoms with Crippen LogP contribution in [0.3, 0.4) is 0 Å². The number of hydrogen-bond donors (Lipinski definition) is 0. The number of pyridine rings is 5. The normalized spacial score (nSPS) is 18.5. The number of hydrogen-bond acceptors (Lipinski definition) is 13. The number of rotatable bonds is 0. The van der Waals surface area contributed by atoms with Gasteiger partial charge in [0.05, 0.1) is 0 Å². The Balaban J connectivity index is 0.000000113. The molecule has 0 aliphatic carbocycles. The van der Waals surface area contributed by atoms with Crippen LogP contribution in [0.4, 0.5) is 39.5 Å². The molecule has 0 bridgehead atoms. The van der Waals surface area contributed by atoms with Gasteiger partial charge in [-0.25, -0.2) is 19.9 Å². The second kappa shape index (κ2) is 18.7. The van der Waals surface area contributed by atoms with Gasteiger partial charge in [0.2, 0.25) is 41.1 Å². The third-order valence-corrected chi connectivity index (χ3v) is 17.4. The van der Waals surface area contributed by atoms with E-state index in [1.54, 1.807) is 70.0 Å². The molecule has 0 radical (unpaired) electrons. The van der Waals surface area contributed by atoms with Crippen molar-refractivity contribution in [3.05, 3.63) is 173 Å². The van der Waals surface area contributed by atoms with E-state index < -0.39 is 53.7 Å². The predicted octanol–water partition coefficient (Wildman–Crippen LogP) is 5.75. The van der Waals surface area contributed by atoms with E-state index in [0.29, 0.717) is 69.1 Å². The van der Waals surface area contributed by atoms with Crippen LogP contribution in [-0.4, -0.2) is 93.6 Å². The highest BCUT2D eigenvalue weighted by atomic mass is 19.4. The Morgan fingerprint density at radius 1 is 0.347 bits per heavy atom. The summed E-state index contributed by atoms with van der Waals surface area (Å²) in [4.78, 5) is 29.7. The summed E-state index contributed by atoms with van der Waals surface area (Å²) < 4.78 is 142. The molecule has 95 heavy (non-hydrogen) atoms. The predicted molar refractivity (Wildman–Crippen MR) is 305 cm³/mol. The lowest BCUT2D eigenvalue weighted by atomic mass is 9.87. The molecule has 0 saturated heterocycles. The topological polar surface area (TPSA) is 220 Å². The van der Waals surface area contributed by atoms with Gasteiger partial charge in [-0.2, -0.15) is 54.5 Å². The first-order valence-corrected chi connectivity index (χ1v) is 29.7. The number of fused-ring (bicyclic) bond motifs is 30. The van der Waals surface area contributed by atoms with Gasteiger partial charge in [0.15, 0.2) is 31.0 Å². The zero-order valence-electron chi connectivity index (χ0n) is 52.5. The van der Waals surface area contributed by atoms with Crippen LogP contribution in [0, 0.1) is 41.5 Å². The molecule has 480 valence electrons. The molecule has 12 aromatic rings. The Morgan fingerprint density at radius 2 is 0.674 bits per heavy atom. The lowest BCUT2D eigenvalue weighted by Crippen LogP contribution is -2.77. The van der Waals surface area contributed by atoms with Crippen LogP contribution in [0.2, 0.25) is 0 Å². The molecule has 0 N–H and O–H groups in total. The summed E-state index contributed by atoms with van der Waals surface area (Å²) in [7, 11) is 0. The van der Waals surface area contributed by atoms with Crippen molar-refractivity contribution in [1.82, 2.24) is 93.6 Å². The number of nitrogens with zero attached hydrogens (tertiary/aromatic N) is 25. The lowest BCUT2D eigenvalue weighted by Gasteiger charge is -2.19. The zero-order chi connectivity index (χ0) is 67.1. The van der Waals surface area contributed by atoms with Crippen LogP contribution in [0.15, 0.2) is 110 Å². The second-order valence-electron chi connectivity index (χ2n) is 26.0. The van der Waals surface area contributed by atoms with Crippen molar-refractivity contribution in [3.8, 4) is 69.1 Å². The van der Waals surface area contributed by atoms with E-state index >= 15 is 0 Å². The molecule has 0 fully saturated rings. The maximum Gasteiger partial charge on any atom is 0.586 e. The molecular weight excluding hydrogens is 1250 g/mol. The van der Waals surface area contributed by atoms with Gasteiger partial charge in [-0.15, -0.1) is 30.6 Å². The van der Waals surface area contributed by atoms with Gasteiger partial charge < -0.3 is 0 Å². The zero-order valence-corrected chi connectivity index (χ0v) is 52.5. The Hall–Kier alpha value is -11.0. The molecule has 18 rings (SSSR count). The smallest absolute Gasteiger partial charge is 0.248 e. The van der Waals surface area contributed by atoms with Crippen molar-refractivity contribution in [2.75, 3.05) is 0 Å². The minimum Gasteiger partial charge on any atom is -0.248 e. The number of halogens is 9. The SMILES string of the molecule is Cc1c[n+]2c(cn1)-c1nc(C(F)(F)F)nn1C21n2nc(C)nc2-c2cc(C(C)(C)C)cc[n+]21.Cc1cc[n+]2c(c1)-c1nc(C(F)(F)F)nn1C21n2nc(C)nc2-c2cc(C(C)(C)C)cc[n+]21.Cc1cc[n+]2c(c1)-c1nc(C(F)(F)F)nn1C21n2nc(C)nc2-c2cccc[n+]21. The molecule has 0 aromatic carbocycles. The molecule has 18 heterocycles. The number of aromatic nitrogens is 25. The highest BCUT2D eigenvalue weighted by molar-refractivity contribution is 5.56. The summed E-state index contributed by atoms with van der Waals surface area (Å²) in [6.07, 6.45) is -1.66. The maximum absolute atomic E-state index is 13.7. The molecule has 3 unspecified atom stereocenters. The first-order chi connectivity index (χ1) is 44.7. The molecule has 0 saturated carbocycles. The van der Waals surface area contributed by atoms with Gasteiger partial charge in [0.25, 0.3) is 51.6 Å². The molecule has 3 spiro atoms. The van der Waals surface area contributed by atoms with E-state index in [4.69, 9.17) is 0 Å². The van der Waals surface area contributed by atoms with Crippen LogP contribution in [-0.2, 0) is 47.1 Å². The Labute approximate surface area is 531 Å². The monoisotopic (exact) mass is 1310 g/mol. The largest absolute Gasteiger partial charge is 0.586 e. The summed E-state index contributed by atoms with van der Waals surface area (Å²) >= 11 is 0. The van der Waals surface area contributed by atoms with E-state index in [9.17, 15) is 39.5 Å². The van der Waals surface area contributed by atoms with Gasteiger partial charge in [-0.1, -0.05) is 97.0 Å². The Kier molecular flexibility index (Phi) is 11.6. The maximum atomic E-state index is 13.7. The van der Waals surface area contributed by atoms with Crippen molar-refractivity contribution in [1.29, 1.82) is 0 Å². The average molecular weight is 1310 g/mol. The molecule has 6 aliphatic heterocycles. The average Bonchev–Trinajstić information content (AvgIpc) is 1.52. The minimum absolute atomic E-state index is 0.0502. The molecule has 0 amide bonds. The molecule has 34 heteroatoms. The Bertz CT molecular complexity index is 5320. The molecular formula is C61H54F9N25+6. The summed E-state index contributed by atoms with van der Waals surface area (Å²) in [6.45, 7) is 23.4. The standard InChI is InChI=1S/C22H21F3N8.C21H20F3N9.C18H13F3N8/c1-12-6-8-30-15(10-12)18-27-19(21(23,24)25)29-33(18)22(30)31-9-7-14(20(3,4)5)11-16(31)17-26-13(2)28-32(17)22;1-11-10-31-15(9-25-11)17-27-18(20(22,23)24)29-33(17)21(31)30-7-6-13(19(3,4)5)8-14(30)16-26-12(2)28-32(16)21;1-10-6-8-27-13(9-10)15-23-16(17(19,20)21)25-29(15)18(27)26-7-4-3-5-12(26)14-22-11(2)24-28(14)18/h6-11H,1-5H3;6-10H,1-5H3;3-9H,1-2H3/q3*+2. The Morgan fingerprint density at radius 3 is 1.06 bits per heavy atom. The van der Waals surface area contributed by atoms with Gasteiger partial charge in [-0.05, 0) is 80.7 Å². The summed E-state index contributed by atoms with van der Waals surface area (Å²) in [5, 5.41) is 25.6. The van der Waals surface area contributed by atoms with Gasteiger partial charge in [0.1, 0.15) is 29.4 Å². The van der Waals surface area contributed by atoms with Crippen LogP contribution in [0.25, 0.3) is 69.1 Å². The summed E-state index contributed by atoms with van der Waals surface area (Å²) in [6, 6.07) is 20.8. The van der Waals surface area contributed by atoms with Crippen molar-refractivity contribution in [2.24, 2.45) is 0 Å². The fraction of sp³-hybridized carbons (Fsp3) is 0.328. The van der Waals surface area contributed by atoms with Crippen molar-refractivity contribution < 1.29 is 66.9 Å². The lowest BCUT2D eigenvalue weighted by molar-refractivity contribution is -0.991. The van der Waals surface area contributed by atoms with E-state index in [2.05, 4.69) is 107 Å². The van der Waals surface area contributed by atoms with E-state index in [1.807, 2.05) is 117 Å². The van der Waals surface area contributed by atoms with Crippen LogP contribution in [0.5, 0.6) is 0 Å². The van der Waals surface area contributed by atoms with Crippen LogP contribution < -0.4 is 27.4 Å². The van der Waals surface area contributed by atoms with Crippen LogP contribution in [0.1, 0.15) is 104 Å². The quantitative estimate of drug-likeness (QED) is 0.131. The molecule has 6 aliphatic rings. The fourth-order valence-corrected chi connectivity index (χ4v) is 13.3. The second-order valence-corrected chi connectivity index (χ2v) is 26.0. The van der Waals surface area contributed by atoms with Gasteiger partial charge in [0, 0.05) is 60.7 Å². The molecule has 25 nitrogen and oxygen atoms in total. The molecule has 12 aromatic heterocycles. The number of aryl methyl sites for hydroxylation is 6. The van der Waals surface area contributed by atoms with Crippen molar-refractivity contribution >= 4 is 0 Å². The summed E-state index contributed by atoms with van der Waals surface area (Å²) in [5.74, 6) is -4.37. The summed E-state index contributed by atoms with van der Waals surface area (Å²) in [5.41, 5.74) is 7.89. The van der Waals surface area contributed by atoms with Gasteiger partial charge >= 0.3 is 36.3 Å². The first-order valence-electron chi connectivity index (χ1n) is 29.7. The third kappa shape index (κ3) is 7.88. The van der Waals surface area contributed by atoms with Crippen molar-refractivity contribution in [2.45, 2.75) is 130 Å². The highest BCUT2D eigenvalue weighted by Crippen LogP contribution is 2.43. The fourth-order valence-electron chi connectivity index (χ4n) is 13.3. The first kappa shape index (κ1) is 59.1. The minimum atomic E-state index is -4.70. The van der Waals surface area contributed by atoms with E-state index in [1.165, 1.54) is 20.2 Å².